The highest BCUT2D eigenvalue weighted by atomic mass is 16.5. The Kier molecular flexibility index (Phi) is 2.54. The minimum absolute atomic E-state index is 0.324. The first kappa shape index (κ1) is 11.0. The van der Waals surface area contributed by atoms with E-state index in [0.717, 1.165) is 0 Å². The van der Waals surface area contributed by atoms with Gasteiger partial charge in [-0.05, 0) is 13.8 Å². The highest BCUT2D eigenvalue weighted by molar-refractivity contribution is 5.83. The van der Waals surface area contributed by atoms with E-state index in [1.165, 1.54) is 11.9 Å². The minimum Gasteiger partial charge on any atom is -0.479 e. The van der Waals surface area contributed by atoms with Gasteiger partial charge in [0.25, 0.3) is 0 Å². The van der Waals surface area contributed by atoms with Gasteiger partial charge in [-0.3, -0.25) is 4.79 Å². The van der Waals surface area contributed by atoms with E-state index >= 15 is 0 Å². The summed E-state index contributed by atoms with van der Waals surface area (Å²) in [6.45, 7) is 3.74. The number of carbonyl (C=O) groups is 2. The third-order valence-electron chi connectivity index (χ3n) is 3.04. The van der Waals surface area contributed by atoms with Crippen molar-refractivity contribution in [3.8, 4) is 0 Å². The molecule has 0 bridgehead atoms. The Bertz CT molecular complexity index is 264. The number of hydrogen-bond donors (Lipinski definition) is 1. The molecule has 0 radical (unpaired) electrons. The standard InChI is InChI=1S/C9H15NO4/c1-8(2)9(7(12)13,4-5-14-8)10(3)6-11/h6H,4-5H2,1-3H3,(H,12,13). The first-order valence-corrected chi connectivity index (χ1v) is 4.44. The number of nitrogens with zero attached hydrogens (tertiary/aromatic N) is 1. The molecule has 0 aromatic rings. The van der Waals surface area contributed by atoms with Gasteiger partial charge in [0.1, 0.15) is 0 Å². The quantitative estimate of drug-likeness (QED) is 0.657. The van der Waals surface area contributed by atoms with Crippen LogP contribution in [-0.2, 0) is 14.3 Å². The van der Waals surface area contributed by atoms with Gasteiger partial charge < -0.3 is 14.7 Å². The van der Waals surface area contributed by atoms with Crippen LogP contribution in [-0.4, -0.2) is 47.2 Å². The Morgan fingerprint density at radius 3 is 2.43 bits per heavy atom. The van der Waals surface area contributed by atoms with Crippen LogP contribution in [0.15, 0.2) is 0 Å². The largest absolute Gasteiger partial charge is 0.479 e. The molecule has 0 aromatic heterocycles. The van der Waals surface area contributed by atoms with Crippen LogP contribution in [0.4, 0.5) is 0 Å². The molecular formula is C9H15NO4. The Balaban J connectivity index is 3.16. The van der Waals surface area contributed by atoms with Crippen LogP contribution in [0, 0.1) is 0 Å². The summed E-state index contributed by atoms with van der Waals surface area (Å²) in [4.78, 5) is 23.1. The smallest absolute Gasteiger partial charge is 0.332 e. The summed E-state index contributed by atoms with van der Waals surface area (Å²) < 4.78 is 5.36. The van der Waals surface area contributed by atoms with Crippen molar-refractivity contribution in [2.75, 3.05) is 13.7 Å². The second-order valence-electron chi connectivity index (χ2n) is 3.99. The number of carboxylic acid groups (broad SMARTS) is 1. The first-order valence-electron chi connectivity index (χ1n) is 4.44. The van der Waals surface area contributed by atoms with E-state index in [9.17, 15) is 14.7 Å². The van der Waals surface area contributed by atoms with Gasteiger partial charge in [0.05, 0.1) is 12.2 Å². The molecular weight excluding hydrogens is 186 g/mol. The predicted octanol–water partition coefficient (Wildman–Crippen LogP) is 0.0969. The summed E-state index contributed by atoms with van der Waals surface area (Å²) in [7, 11) is 1.47. The van der Waals surface area contributed by atoms with Gasteiger partial charge in [0.2, 0.25) is 6.41 Å². The third kappa shape index (κ3) is 1.19. The molecule has 0 aliphatic carbocycles. The van der Waals surface area contributed by atoms with Gasteiger partial charge in [0, 0.05) is 13.5 Å². The van der Waals surface area contributed by atoms with Crippen molar-refractivity contribution in [1.82, 2.24) is 4.90 Å². The molecule has 0 saturated carbocycles. The average molecular weight is 201 g/mol. The van der Waals surface area contributed by atoms with Crippen molar-refractivity contribution < 1.29 is 19.4 Å². The van der Waals surface area contributed by atoms with E-state index in [0.29, 0.717) is 19.4 Å². The van der Waals surface area contributed by atoms with Crippen LogP contribution in [0.1, 0.15) is 20.3 Å². The van der Waals surface area contributed by atoms with Crippen molar-refractivity contribution in [1.29, 1.82) is 0 Å². The lowest BCUT2D eigenvalue weighted by atomic mass is 9.81. The van der Waals surface area contributed by atoms with Crippen LogP contribution in [0.5, 0.6) is 0 Å². The monoisotopic (exact) mass is 201 g/mol. The lowest BCUT2D eigenvalue weighted by Gasteiger charge is -2.41. The minimum atomic E-state index is -1.24. The summed E-state index contributed by atoms with van der Waals surface area (Å²) in [6.07, 6.45) is 0.856. The van der Waals surface area contributed by atoms with Crippen molar-refractivity contribution in [2.24, 2.45) is 0 Å². The van der Waals surface area contributed by atoms with E-state index in [-0.39, 0.29) is 0 Å². The molecule has 1 fully saturated rings. The molecule has 1 aliphatic heterocycles. The Labute approximate surface area is 82.6 Å². The molecule has 0 spiro atoms. The van der Waals surface area contributed by atoms with Crippen molar-refractivity contribution in [3.05, 3.63) is 0 Å². The third-order valence-corrected chi connectivity index (χ3v) is 3.04. The molecule has 1 heterocycles. The van der Waals surface area contributed by atoms with E-state index in [1.54, 1.807) is 13.8 Å². The van der Waals surface area contributed by atoms with Gasteiger partial charge in [-0.25, -0.2) is 4.79 Å². The van der Waals surface area contributed by atoms with E-state index in [2.05, 4.69) is 0 Å². The summed E-state index contributed by atoms with van der Waals surface area (Å²) in [5.74, 6) is -1.02. The molecule has 1 atom stereocenters. The highest BCUT2D eigenvalue weighted by Gasteiger charge is 2.59. The maximum absolute atomic E-state index is 11.3. The van der Waals surface area contributed by atoms with Gasteiger partial charge in [-0.15, -0.1) is 0 Å². The number of carboxylic acids is 1. The van der Waals surface area contributed by atoms with Gasteiger partial charge >= 0.3 is 5.97 Å². The second kappa shape index (κ2) is 3.24. The molecule has 1 saturated heterocycles. The molecule has 80 valence electrons. The van der Waals surface area contributed by atoms with Gasteiger partial charge in [0.15, 0.2) is 5.54 Å². The first-order chi connectivity index (χ1) is 6.38. The molecule has 1 rings (SSSR count). The van der Waals surface area contributed by atoms with Crippen LogP contribution in [0.3, 0.4) is 0 Å². The zero-order valence-corrected chi connectivity index (χ0v) is 8.61. The normalized spacial score (nSPS) is 29.9. The number of likely N-dealkylation sites (N-methyl/N-ethyl adjacent to an activating group) is 1. The Morgan fingerprint density at radius 1 is 1.57 bits per heavy atom. The highest BCUT2D eigenvalue weighted by Crippen LogP contribution is 2.39. The Morgan fingerprint density at radius 2 is 2.14 bits per heavy atom. The maximum Gasteiger partial charge on any atom is 0.332 e. The molecule has 5 nitrogen and oxygen atoms in total. The van der Waals surface area contributed by atoms with E-state index < -0.39 is 17.1 Å². The van der Waals surface area contributed by atoms with Gasteiger partial charge in [-0.2, -0.15) is 0 Å². The Hall–Kier alpha value is -1.10. The topological polar surface area (TPSA) is 66.8 Å². The number of amides is 1. The predicted molar refractivity (Wildman–Crippen MR) is 48.8 cm³/mol. The number of ether oxygens (including phenoxy) is 1. The summed E-state index contributed by atoms with van der Waals surface area (Å²) >= 11 is 0. The molecule has 1 aliphatic rings. The van der Waals surface area contributed by atoms with Crippen molar-refractivity contribution in [3.63, 3.8) is 0 Å². The zero-order chi connectivity index (χ0) is 11.0. The van der Waals surface area contributed by atoms with Crippen LogP contribution in [0.25, 0.3) is 0 Å². The molecule has 1 unspecified atom stereocenters. The van der Waals surface area contributed by atoms with Crippen LogP contribution in [0.2, 0.25) is 0 Å². The summed E-state index contributed by atoms with van der Waals surface area (Å²) in [6, 6.07) is 0. The number of hydrogen-bond acceptors (Lipinski definition) is 3. The number of aliphatic carboxylic acids is 1. The lowest BCUT2D eigenvalue weighted by molar-refractivity contribution is -0.164. The fourth-order valence-electron chi connectivity index (χ4n) is 2.08. The molecule has 5 heteroatoms. The maximum atomic E-state index is 11.3. The summed E-state index contributed by atoms with van der Waals surface area (Å²) in [5, 5.41) is 9.22. The van der Waals surface area contributed by atoms with Gasteiger partial charge in [-0.1, -0.05) is 0 Å². The van der Waals surface area contributed by atoms with Crippen molar-refractivity contribution in [2.45, 2.75) is 31.4 Å². The molecule has 1 amide bonds. The average Bonchev–Trinajstić information content (AvgIpc) is 2.40. The second-order valence-corrected chi connectivity index (χ2v) is 3.99. The fraction of sp³-hybridized carbons (Fsp3) is 0.778. The van der Waals surface area contributed by atoms with E-state index in [4.69, 9.17) is 4.74 Å². The zero-order valence-electron chi connectivity index (χ0n) is 8.61. The number of rotatable bonds is 3. The van der Waals surface area contributed by atoms with Crippen molar-refractivity contribution >= 4 is 12.4 Å². The molecule has 14 heavy (non-hydrogen) atoms. The van der Waals surface area contributed by atoms with E-state index in [1.807, 2.05) is 0 Å². The van der Waals surface area contributed by atoms with Crippen LogP contribution >= 0.6 is 0 Å². The SMILES string of the molecule is CN(C=O)C1(C(=O)O)CCOC1(C)C. The molecule has 1 N–H and O–H groups in total. The fourth-order valence-corrected chi connectivity index (χ4v) is 2.08. The number of carbonyl (C=O) groups excluding carboxylic acids is 1. The lowest BCUT2D eigenvalue weighted by Crippen LogP contribution is -2.62. The summed E-state index contributed by atoms with van der Waals surface area (Å²) in [5.41, 5.74) is -2.09. The molecule has 0 aromatic carbocycles. The van der Waals surface area contributed by atoms with Crippen LogP contribution < -0.4 is 0 Å².